The van der Waals surface area contributed by atoms with E-state index in [1.54, 1.807) is 23.9 Å². The van der Waals surface area contributed by atoms with Crippen molar-refractivity contribution in [1.82, 2.24) is 15.1 Å². The first-order valence-electron chi connectivity index (χ1n) is 6.62. The van der Waals surface area contributed by atoms with Crippen LogP contribution in [0.15, 0.2) is 18.7 Å². The van der Waals surface area contributed by atoms with E-state index in [4.69, 9.17) is 4.74 Å². The SMILES string of the molecule is C=Cc1nn(C)c2ccc(C(=O)NC3CC3)c(OC)c12. The first-order valence-corrected chi connectivity index (χ1v) is 6.62. The number of hydrogen-bond acceptors (Lipinski definition) is 3. The highest BCUT2D eigenvalue weighted by molar-refractivity contribution is 6.05. The van der Waals surface area contributed by atoms with Crippen LogP contribution in [0.3, 0.4) is 0 Å². The summed E-state index contributed by atoms with van der Waals surface area (Å²) < 4.78 is 7.24. The molecule has 1 aromatic carbocycles. The molecule has 5 nitrogen and oxygen atoms in total. The number of aromatic nitrogens is 2. The minimum Gasteiger partial charge on any atom is -0.495 e. The smallest absolute Gasteiger partial charge is 0.255 e. The Morgan fingerprint density at radius 3 is 2.90 bits per heavy atom. The Morgan fingerprint density at radius 1 is 1.55 bits per heavy atom. The third-order valence-electron chi connectivity index (χ3n) is 3.55. The van der Waals surface area contributed by atoms with Crippen LogP contribution in [0, 0.1) is 0 Å². The minimum absolute atomic E-state index is 0.0925. The standard InChI is InChI=1S/C15H17N3O2/c1-4-11-13-12(18(2)17-11)8-7-10(14(13)20-3)15(19)16-9-5-6-9/h4,7-9H,1,5-6H2,2-3H3,(H,16,19). The van der Waals surface area contributed by atoms with Crippen LogP contribution in [0.1, 0.15) is 28.9 Å². The average molecular weight is 271 g/mol. The Bertz CT molecular complexity index is 699. The van der Waals surface area contributed by atoms with Gasteiger partial charge in [0.15, 0.2) is 0 Å². The number of carbonyl (C=O) groups excluding carboxylic acids is 1. The molecule has 1 aliphatic rings. The number of amides is 1. The van der Waals surface area contributed by atoms with Gasteiger partial charge in [0.25, 0.3) is 5.91 Å². The highest BCUT2D eigenvalue weighted by Crippen LogP contribution is 2.33. The van der Waals surface area contributed by atoms with Crippen LogP contribution in [0.4, 0.5) is 0 Å². The van der Waals surface area contributed by atoms with Gasteiger partial charge >= 0.3 is 0 Å². The molecule has 20 heavy (non-hydrogen) atoms. The van der Waals surface area contributed by atoms with Gasteiger partial charge in [-0.2, -0.15) is 5.10 Å². The molecule has 0 saturated heterocycles. The van der Waals surface area contributed by atoms with Gasteiger partial charge < -0.3 is 10.1 Å². The fourth-order valence-electron chi connectivity index (χ4n) is 2.38. The lowest BCUT2D eigenvalue weighted by Gasteiger charge is -2.10. The number of ether oxygens (including phenoxy) is 1. The molecule has 1 N–H and O–H groups in total. The summed E-state index contributed by atoms with van der Waals surface area (Å²) >= 11 is 0. The van der Waals surface area contributed by atoms with Crippen molar-refractivity contribution in [1.29, 1.82) is 0 Å². The Hall–Kier alpha value is -2.30. The van der Waals surface area contributed by atoms with Crippen molar-refractivity contribution in [3.63, 3.8) is 0 Å². The lowest BCUT2D eigenvalue weighted by Crippen LogP contribution is -2.25. The number of benzene rings is 1. The van der Waals surface area contributed by atoms with Crippen molar-refractivity contribution in [3.8, 4) is 5.75 Å². The van der Waals surface area contributed by atoms with Crippen molar-refractivity contribution in [3.05, 3.63) is 30.0 Å². The van der Waals surface area contributed by atoms with Crippen LogP contribution < -0.4 is 10.1 Å². The number of methoxy groups -OCH3 is 1. The predicted molar refractivity (Wildman–Crippen MR) is 77.8 cm³/mol. The van der Waals surface area contributed by atoms with Gasteiger partial charge in [-0.05, 0) is 31.1 Å². The molecule has 1 fully saturated rings. The fourth-order valence-corrected chi connectivity index (χ4v) is 2.38. The lowest BCUT2D eigenvalue weighted by molar-refractivity contribution is 0.0948. The van der Waals surface area contributed by atoms with E-state index >= 15 is 0 Å². The quantitative estimate of drug-likeness (QED) is 0.926. The molecule has 0 unspecified atom stereocenters. The maximum Gasteiger partial charge on any atom is 0.255 e. The molecule has 1 amide bonds. The predicted octanol–water partition coefficient (Wildman–Crippen LogP) is 2.12. The van der Waals surface area contributed by atoms with Crippen LogP contribution in [0.25, 0.3) is 17.0 Å². The van der Waals surface area contributed by atoms with Gasteiger partial charge in [0.05, 0.1) is 29.3 Å². The van der Waals surface area contributed by atoms with E-state index in [0.717, 1.165) is 29.4 Å². The zero-order valence-corrected chi connectivity index (χ0v) is 11.6. The molecule has 3 rings (SSSR count). The lowest BCUT2D eigenvalue weighted by atomic mass is 10.1. The number of hydrogen-bond donors (Lipinski definition) is 1. The topological polar surface area (TPSA) is 56.2 Å². The second-order valence-corrected chi connectivity index (χ2v) is 5.00. The summed E-state index contributed by atoms with van der Waals surface area (Å²) in [6.45, 7) is 3.77. The Balaban J connectivity index is 2.17. The number of rotatable bonds is 4. The van der Waals surface area contributed by atoms with Gasteiger partial charge in [0.1, 0.15) is 5.75 Å². The van der Waals surface area contributed by atoms with E-state index in [0.29, 0.717) is 17.4 Å². The molecule has 0 atom stereocenters. The van der Waals surface area contributed by atoms with Crippen LogP contribution in [0.5, 0.6) is 5.75 Å². The number of nitrogens with one attached hydrogen (secondary N) is 1. The van der Waals surface area contributed by atoms with Gasteiger partial charge in [-0.1, -0.05) is 6.58 Å². The van der Waals surface area contributed by atoms with Crippen molar-refractivity contribution >= 4 is 22.9 Å². The van der Waals surface area contributed by atoms with Gasteiger partial charge in [0, 0.05) is 13.1 Å². The summed E-state index contributed by atoms with van der Waals surface area (Å²) in [5.41, 5.74) is 2.18. The maximum atomic E-state index is 12.3. The molecular formula is C15H17N3O2. The highest BCUT2D eigenvalue weighted by atomic mass is 16.5. The minimum atomic E-state index is -0.0925. The maximum absolute atomic E-state index is 12.3. The van der Waals surface area contributed by atoms with Crippen molar-refractivity contribution < 1.29 is 9.53 Å². The molecule has 0 radical (unpaired) electrons. The van der Waals surface area contributed by atoms with E-state index < -0.39 is 0 Å². The molecule has 1 aromatic heterocycles. The zero-order chi connectivity index (χ0) is 14.3. The van der Waals surface area contributed by atoms with Crippen molar-refractivity contribution in [2.75, 3.05) is 7.11 Å². The first kappa shape index (κ1) is 12.7. The summed E-state index contributed by atoms with van der Waals surface area (Å²) in [5.74, 6) is 0.466. The van der Waals surface area contributed by atoms with Gasteiger partial charge in [-0.3, -0.25) is 9.48 Å². The third kappa shape index (κ3) is 1.95. The largest absolute Gasteiger partial charge is 0.495 e. The summed E-state index contributed by atoms with van der Waals surface area (Å²) in [5, 5.41) is 8.19. The van der Waals surface area contributed by atoms with Crippen LogP contribution in [-0.4, -0.2) is 28.8 Å². The molecule has 0 bridgehead atoms. The molecule has 5 heteroatoms. The average Bonchev–Trinajstić information content (AvgIpc) is 3.20. The molecule has 1 heterocycles. The van der Waals surface area contributed by atoms with E-state index in [9.17, 15) is 4.79 Å². The third-order valence-corrected chi connectivity index (χ3v) is 3.55. The van der Waals surface area contributed by atoms with E-state index in [1.807, 2.05) is 13.1 Å². The number of aryl methyl sites for hydroxylation is 1. The van der Waals surface area contributed by atoms with Crippen molar-refractivity contribution in [2.45, 2.75) is 18.9 Å². The van der Waals surface area contributed by atoms with Crippen LogP contribution in [-0.2, 0) is 7.05 Å². The van der Waals surface area contributed by atoms with Gasteiger partial charge in [-0.15, -0.1) is 0 Å². The molecular weight excluding hydrogens is 254 g/mol. The molecule has 0 aliphatic heterocycles. The van der Waals surface area contributed by atoms with Crippen molar-refractivity contribution in [2.24, 2.45) is 7.05 Å². The Labute approximate surface area is 117 Å². The second-order valence-electron chi connectivity index (χ2n) is 5.00. The summed E-state index contributed by atoms with van der Waals surface area (Å²) in [6.07, 6.45) is 3.79. The number of carbonyl (C=O) groups is 1. The molecule has 104 valence electrons. The van der Waals surface area contributed by atoms with Gasteiger partial charge in [-0.25, -0.2) is 0 Å². The first-order chi connectivity index (χ1) is 9.65. The fraction of sp³-hybridized carbons (Fsp3) is 0.333. The van der Waals surface area contributed by atoms with Crippen LogP contribution in [0.2, 0.25) is 0 Å². The molecule has 1 aliphatic carbocycles. The normalized spacial score (nSPS) is 14.3. The summed E-state index contributed by atoms with van der Waals surface area (Å²) in [4.78, 5) is 12.3. The van der Waals surface area contributed by atoms with E-state index in [1.165, 1.54) is 0 Å². The molecule has 1 saturated carbocycles. The van der Waals surface area contributed by atoms with E-state index in [-0.39, 0.29) is 5.91 Å². The summed E-state index contributed by atoms with van der Waals surface area (Å²) in [6, 6.07) is 3.99. The molecule has 0 spiro atoms. The Morgan fingerprint density at radius 2 is 2.30 bits per heavy atom. The van der Waals surface area contributed by atoms with E-state index in [2.05, 4.69) is 17.0 Å². The summed E-state index contributed by atoms with van der Waals surface area (Å²) in [7, 11) is 3.43. The number of nitrogens with zero attached hydrogens (tertiary/aromatic N) is 2. The number of fused-ring (bicyclic) bond motifs is 1. The highest BCUT2D eigenvalue weighted by Gasteiger charge is 2.26. The monoisotopic (exact) mass is 271 g/mol. The van der Waals surface area contributed by atoms with Crippen LogP contribution >= 0.6 is 0 Å². The Kier molecular flexibility index (Phi) is 2.97. The second kappa shape index (κ2) is 4.67. The zero-order valence-electron chi connectivity index (χ0n) is 11.6. The van der Waals surface area contributed by atoms with Gasteiger partial charge in [0.2, 0.25) is 0 Å². The molecule has 2 aromatic rings.